The summed E-state index contributed by atoms with van der Waals surface area (Å²) in [6.07, 6.45) is 5.15. The predicted octanol–water partition coefficient (Wildman–Crippen LogP) is 1.76. The van der Waals surface area contributed by atoms with Gasteiger partial charge in [-0.2, -0.15) is 0 Å². The minimum absolute atomic E-state index is 0.0684. The van der Waals surface area contributed by atoms with Gasteiger partial charge < -0.3 is 15.1 Å². The van der Waals surface area contributed by atoms with Crippen LogP contribution in [0, 0.1) is 18.8 Å². The molecule has 158 valence electrons. The minimum Gasteiger partial charge on any atom is -0.349 e. The second kappa shape index (κ2) is 7.94. The van der Waals surface area contributed by atoms with Crippen molar-refractivity contribution in [3.05, 3.63) is 35.1 Å². The van der Waals surface area contributed by atoms with Crippen molar-refractivity contribution >= 4 is 28.3 Å². The van der Waals surface area contributed by atoms with Gasteiger partial charge in [-0.3, -0.25) is 14.6 Å². The van der Waals surface area contributed by atoms with Crippen LogP contribution in [0.5, 0.6) is 0 Å². The molecule has 0 unspecified atom stereocenters. The molecule has 30 heavy (non-hydrogen) atoms. The van der Waals surface area contributed by atoms with Crippen molar-refractivity contribution in [3.8, 4) is 0 Å². The highest BCUT2D eigenvalue weighted by atomic mass is 32.1. The summed E-state index contributed by atoms with van der Waals surface area (Å²) in [4.78, 5) is 34.8. The van der Waals surface area contributed by atoms with Crippen LogP contribution in [0.2, 0.25) is 0 Å². The van der Waals surface area contributed by atoms with Gasteiger partial charge in [-0.25, -0.2) is 0 Å². The number of rotatable bonds is 4. The van der Waals surface area contributed by atoms with Crippen LogP contribution in [0.4, 0.5) is 5.13 Å². The van der Waals surface area contributed by atoms with E-state index in [0.29, 0.717) is 18.9 Å². The monoisotopic (exact) mass is 426 g/mol. The summed E-state index contributed by atoms with van der Waals surface area (Å²) in [7, 11) is 0. The molecule has 3 aliphatic rings. The molecule has 0 saturated carbocycles. The molecule has 5 rings (SSSR count). The second-order valence-electron chi connectivity index (χ2n) is 8.63. The summed E-state index contributed by atoms with van der Waals surface area (Å²) < 4.78 is 0. The molecule has 0 spiro atoms. The fourth-order valence-electron chi connectivity index (χ4n) is 5.43. The number of hydrogen-bond acceptors (Lipinski definition) is 7. The fraction of sp³-hybridized carbons (Fsp3) is 0.571. The van der Waals surface area contributed by atoms with Gasteiger partial charge in [-0.05, 0) is 49.8 Å². The predicted molar refractivity (Wildman–Crippen MR) is 113 cm³/mol. The van der Waals surface area contributed by atoms with E-state index in [1.165, 1.54) is 11.3 Å². The molecule has 0 aliphatic carbocycles. The number of aryl methyl sites for hydroxylation is 1. The summed E-state index contributed by atoms with van der Waals surface area (Å²) in [5, 5.41) is 12.2. The van der Waals surface area contributed by atoms with E-state index in [1.54, 1.807) is 11.7 Å². The van der Waals surface area contributed by atoms with Crippen molar-refractivity contribution in [2.45, 2.75) is 51.2 Å². The largest absolute Gasteiger partial charge is 0.349 e. The van der Waals surface area contributed by atoms with Crippen molar-refractivity contribution in [3.63, 3.8) is 0 Å². The molecule has 3 saturated heterocycles. The van der Waals surface area contributed by atoms with E-state index in [-0.39, 0.29) is 23.8 Å². The van der Waals surface area contributed by atoms with Gasteiger partial charge in [0.2, 0.25) is 16.9 Å². The molecule has 0 radical (unpaired) electrons. The lowest BCUT2D eigenvalue weighted by atomic mass is 9.72. The highest BCUT2D eigenvalue weighted by Gasteiger charge is 2.52. The first-order valence-corrected chi connectivity index (χ1v) is 11.5. The number of carbonyl (C=O) groups is 2. The lowest BCUT2D eigenvalue weighted by molar-refractivity contribution is -0.156. The van der Waals surface area contributed by atoms with Crippen molar-refractivity contribution in [1.29, 1.82) is 0 Å². The van der Waals surface area contributed by atoms with Gasteiger partial charge in [-0.15, -0.1) is 10.2 Å². The van der Waals surface area contributed by atoms with Crippen LogP contribution in [0.1, 0.15) is 36.9 Å². The molecule has 3 fully saturated rings. The fourth-order valence-corrected chi connectivity index (χ4v) is 6.01. The summed E-state index contributed by atoms with van der Waals surface area (Å²) in [6, 6.07) is 3.61. The van der Waals surface area contributed by atoms with Crippen LogP contribution in [0.15, 0.2) is 23.8 Å². The zero-order chi connectivity index (χ0) is 20.7. The highest BCUT2D eigenvalue weighted by Crippen LogP contribution is 2.42. The summed E-state index contributed by atoms with van der Waals surface area (Å²) in [6.45, 7) is 3.99. The first-order chi connectivity index (χ1) is 14.6. The Kier molecular flexibility index (Phi) is 5.14. The van der Waals surface area contributed by atoms with E-state index in [9.17, 15) is 9.59 Å². The quantitative estimate of drug-likeness (QED) is 0.801. The molecule has 1 N–H and O–H groups in total. The number of aromatic nitrogens is 3. The Morgan fingerprint density at radius 3 is 3.00 bits per heavy atom. The van der Waals surface area contributed by atoms with Gasteiger partial charge in [0.05, 0.1) is 12.2 Å². The molecular formula is C21H26N6O2S. The summed E-state index contributed by atoms with van der Waals surface area (Å²) in [5.74, 6) is 0.524. The topological polar surface area (TPSA) is 91.3 Å². The first-order valence-electron chi connectivity index (χ1n) is 10.6. The first kappa shape index (κ1) is 19.4. The third-order valence-corrected chi connectivity index (χ3v) is 7.40. The summed E-state index contributed by atoms with van der Waals surface area (Å²) in [5.41, 5.74) is 3.69. The van der Waals surface area contributed by atoms with E-state index in [2.05, 4.69) is 25.4 Å². The van der Waals surface area contributed by atoms with Gasteiger partial charge in [-0.1, -0.05) is 11.3 Å². The molecule has 5 heterocycles. The van der Waals surface area contributed by atoms with Gasteiger partial charge in [0.15, 0.2) is 0 Å². The number of piperidine rings is 3. The Morgan fingerprint density at radius 2 is 2.20 bits per heavy atom. The number of fused-ring (bicyclic) bond motifs is 4. The maximum Gasteiger partial charge on any atom is 0.243 e. The van der Waals surface area contributed by atoms with E-state index >= 15 is 0 Å². The Balaban J connectivity index is 1.39. The second-order valence-corrected chi connectivity index (χ2v) is 9.44. The van der Waals surface area contributed by atoms with E-state index in [0.717, 1.165) is 48.7 Å². The Morgan fingerprint density at radius 1 is 1.33 bits per heavy atom. The number of carbonyl (C=O) groups excluding carboxylic acids is 2. The van der Waals surface area contributed by atoms with Crippen LogP contribution < -0.4 is 10.2 Å². The van der Waals surface area contributed by atoms with Gasteiger partial charge in [0, 0.05) is 37.7 Å². The van der Waals surface area contributed by atoms with Crippen molar-refractivity contribution in [2.75, 3.05) is 18.0 Å². The lowest BCUT2D eigenvalue weighted by Crippen LogP contribution is -2.68. The number of anilines is 1. The average Bonchev–Trinajstić information content (AvgIpc) is 3.28. The Bertz CT molecular complexity index is 935. The number of amides is 2. The smallest absolute Gasteiger partial charge is 0.243 e. The van der Waals surface area contributed by atoms with Crippen LogP contribution in [-0.2, 0) is 16.1 Å². The van der Waals surface area contributed by atoms with Gasteiger partial charge in [0.1, 0.15) is 11.6 Å². The number of hydrogen-bond donors (Lipinski definition) is 1. The molecule has 2 aromatic heterocycles. The van der Waals surface area contributed by atoms with Crippen LogP contribution in [0.3, 0.4) is 0 Å². The molecule has 2 aromatic rings. The molecule has 8 nitrogen and oxygen atoms in total. The molecule has 2 bridgehead atoms. The molecule has 3 aliphatic heterocycles. The maximum absolute atomic E-state index is 13.4. The number of nitrogens with one attached hydrogen (secondary N) is 1. The SMILES string of the molecule is Cc1ccnc(CNC(=O)[C@H]2[C@H]3C[C@H](CN(c4nncs4)C3)[C@@H]3CCCC(=O)N32)c1. The van der Waals surface area contributed by atoms with Gasteiger partial charge in [0.25, 0.3) is 0 Å². The summed E-state index contributed by atoms with van der Waals surface area (Å²) >= 11 is 1.53. The molecule has 0 aromatic carbocycles. The number of pyridine rings is 1. The normalized spacial score (nSPS) is 28.2. The van der Waals surface area contributed by atoms with Crippen molar-refractivity contribution < 1.29 is 9.59 Å². The zero-order valence-corrected chi connectivity index (χ0v) is 17.8. The van der Waals surface area contributed by atoms with E-state index in [1.807, 2.05) is 24.0 Å². The van der Waals surface area contributed by atoms with Gasteiger partial charge >= 0.3 is 0 Å². The van der Waals surface area contributed by atoms with Crippen molar-refractivity contribution in [1.82, 2.24) is 25.4 Å². The molecule has 4 atom stereocenters. The highest BCUT2D eigenvalue weighted by molar-refractivity contribution is 7.13. The van der Waals surface area contributed by atoms with Crippen molar-refractivity contribution in [2.24, 2.45) is 11.8 Å². The standard InChI is InChI=1S/C21H26N6O2S/c1-13-5-6-22-16(7-13)9-23-20(29)19-15-8-14(17-3-2-4-18(28)27(17)19)10-26(11-15)21-25-24-12-30-21/h5-7,12,14-15,17,19H,2-4,8-11H2,1H3,(H,23,29)/t14-,15+,17+,19-/m1/s1. The number of nitrogens with zero attached hydrogens (tertiary/aromatic N) is 5. The van der Waals surface area contributed by atoms with E-state index in [4.69, 9.17) is 0 Å². The average molecular weight is 427 g/mol. The minimum atomic E-state index is -0.431. The van der Waals surface area contributed by atoms with Crippen LogP contribution >= 0.6 is 11.3 Å². The third-order valence-electron chi connectivity index (χ3n) is 6.64. The van der Waals surface area contributed by atoms with Crippen LogP contribution in [0.25, 0.3) is 0 Å². The third kappa shape index (κ3) is 3.55. The maximum atomic E-state index is 13.4. The molecular weight excluding hydrogens is 400 g/mol. The van der Waals surface area contributed by atoms with E-state index < -0.39 is 6.04 Å². The lowest BCUT2D eigenvalue weighted by Gasteiger charge is -2.55. The Labute approximate surface area is 179 Å². The molecule has 2 amide bonds. The zero-order valence-electron chi connectivity index (χ0n) is 17.0. The Hall–Kier alpha value is -2.55. The molecule has 9 heteroatoms. The van der Waals surface area contributed by atoms with Crippen LogP contribution in [-0.4, -0.2) is 57.1 Å².